The zero-order chi connectivity index (χ0) is 13.8. The molecule has 0 bridgehead atoms. The van der Waals surface area contributed by atoms with E-state index in [0.29, 0.717) is 6.61 Å². The lowest BCUT2D eigenvalue weighted by atomic mass is 9.90. The Balaban J connectivity index is 2.62. The molecule has 0 fully saturated rings. The smallest absolute Gasteiger partial charge is 0.205 e. The predicted octanol–water partition coefficient (Wildman–Crippen LogP) is 3.91. The number of halogens is 1. The van der Waals surface area contributed by atoms with Crippen LogP contribution in [0.3, 0.4) is 0 Å². The van der Waals surface area contributed by atoms with Crippen LogP contribution in [0.1, 0.15) is 20.8 Å². The largest absolute Gasteiger partial charge is 0.489 e. The van der Waals surface area contributed by atoms with Gasteiger partial charge in [0, 0.05) is 10.7 Å². The summed E-state index contributed by atoms with van der Waals surface area (Å²) in [5.41, 5.74) is 0.0708. The number of pyridine rings is 1. The molecule has 1 aromatic rings. The molecule has 101 valence electrons. The molecule has 0 aromatic carbocycles. The lowest BCUT2D eigenvalue weighted by Gasteiger charge is -2.32. The summed E-state index contributed by atoms with van der Waals surface area (Å²) >= 11 is 3.38. The van der Waals surface area contributed by atoms with E-state index in [1.165, 1.54) is 0 Å². The van der Waals surface area contributed by atoms with Crippen molar-refractivity contribution in [2.45, 2.75) is 40.0 Å². The van der Waals surface area contributed by atoms with Gasteiger partial charge in [0.1, 0.15) is 12.4 Å². The summed E-state index contributed by atoms with van der Waals surface area (Å²) in [4.78, 5) is 4.08. The van der Waals surface area contributed by atoms with E-state index in [4.69, 9.17) is 9.16 Å². The summed E-state index contributed by atoms with van der Waals surface area (Å²) in [6.07, 6.45) is 3.55. The van der Waals surface area contributed by atoms with Gasteiger partial charge >= 0.3 is 0 Å². The number of hydrogen-bond acceptors (Lipinski definition) is 3. The van der Waals surface area contributed by atoms with E-state index in [1.807, 2.05) is 6.07 Å². The highest BCUT2D eigenvalue weighted by Gasteiger charge is 2.27. The number of hydrogen-bond donors (Lipinski definition) is 0. The number of rotatable bonds is 5. The second kappa shape index (κ2) is 6.68. The highest BCUT2D eigenvalue weighted by Crippen LogP contribution is 2.24. The SMILES string of the molecule is C[Si](C)OC(COc1cncc(Br)c1)C(C)(C)C. The first-order valence-corrected chi connectivity index (χ1v) is 9.19. The maximum atomic E-state index is 6.01. The van der Waals surface area contributed by atoms with Gasteiger partial charge in [-0.25, -0.2) is 0 Å². The monoisotopic (exact) mass is 330 g/mol. The van der Waals surface area contributed by atoms with Crippen LogP contribution in [0.4, 0.5) is 0 Å². The molecule has 0 N–H and O–H groups in total. The van der Waals surface area contributed by atoms with Crippen LogP contribution in [0.25, 0.3) is 0 Å². The van der Waals surface area contributed by atoms with Crippen molar-refractivity contribution < 1.29 is 9.16 Å². The van der Waals surface area contributed by atoms with E-state index in [0.717, 1.165) is 10.2 Å². The molecule has 0 amide bonds. The summed E-state index contributed by atoms with van der Waals surface area (Å²) in [6.45, 7) is 11.4. The van der Waals surface area contributed by atoms with Crippen molar-refractivity contribution in [3.8, 4) is 5.75 Å². The van der Waals surface area contributed by atoms with E-state index in [2.05, 4.69) is 54.8 Å². The topological polar surface area (TPSA) is 31.4 Å². The number of aromatic nitrogens is 1. The molecule has 0 aliphatic carbocycles. The van der Waals surface area contributed by atoms with Crippen molar-refractivity contribution in [3.05, 3.63) is 22.9 Å². The summed E-state index contributed by atoms with van der Waals surface area (Å²) in [7, 11) is -0.732. The molecule has 1 atom stereocenters. The third-order valence-electron chi connectivity index (χ3n) is 2.43. The fraction of sp³-hybridized carbons (Fsp3) is 0.615. The zero-order valence-electron chi connectivity index (χ0n) is 11.7. The van der Waals surface area contributed by atoms with Crippen LogP contribution in [-0.4, -0.2) is 26.7 Å². The first-order chi connectivity index (χ1) is 8.29. The van der Waals surface area contributed by atoms with Gasteiger partial charge in [-0.15, -0.1) is 0 Å². The molecule has 18 heavy (non-hydrogen) atoms. The molecule has 1 heterocycles. The standard InChI is InChI=1S/C13H21BrNO2Si/c1-13(2,3)12(17-18(4)5)9-16-11-6-10(14)7-15-8-11/h6-8,12H,9H2,1-5H3. The lowest BCUT2D eigenvalue weighted by molar-refractivity contribution is 0.0411. The molecular formula is C13H21BrNO2Si. The Hall–Kier alpha value is -0.393. The Bertz CT molecular complexity index is 379. The van der Waals surface area contributed by atoms with E-state index in [9.17, 15) is 0 Å². The number of ether oxygens (including phenoxy) is 1. The van der Waals surface area contributed by atoms with Crippen molar-refractivity contribution in [2.75, 3.05) is 6.61 Å². The fourth-order valence-electron chi connectivity index (χ4n) is 1.39. The van der Waals surface area contributed by atoms with Crippen molar-refractivity contribution in [1.82, 2.24) is 4.98 Å². The normalized spacial score (nSPS) is 13.7. The molecule has 1 unspecified atom stereocenters. The minimum Gasteiger partial charge on any atom is -0.489 e. The van der Waals surface area contributed by atoms with E-state index in [-0.39, 0.29) is 11.5 Å². The first-order valence-electron chi connectivity index (χ1n) is 5.99. The Kier molecular flexibility index (Phi) is 5.81. The molecule has 1 rings (SSSR count). The van der Waals surface area contributed by atoms with Gasteiger partial charge in [0.05, 0.1) is 12.3 Å². The van der Waals surface area contributed by atoms with Crippen LogP contribution < -0.4 is 4.74 Å². The molecule has 0 aliphatic heterocycles. The van der Waals surface area contributed by atoms with Gasteiger partial charge < -0.3 is 9.16 Å². The van der Waals surface area contributed by atoms with Crippen LogP contribution in [0.5, 0.6) is 5.75 Å². The van der Waals surface area contributed by atoms with Gasteiger partial charge in [0.15, 0.2) is 0 Å². The van der Waals surface area contributed by atoms with Crippen LogP contribution in [-0.2, 0) is 4.43 Å². The van der Waals surface area contributed by atoms with E-state index < -0.39 is 9.04 Å². The van der Waals surface area contributed by atoms with Gasteiger partial charge in [-0.3, -0.25) is 4.98 Å². The van der Waals surface area contributed by atoms with Crippen molar-refractivity contribution in [2.24, 2.45) is 5.41 Å². The summed E-state index contributed by atoms with van der Waals surface area (Å²) in [5.74, 6) is 0.767. The highest BCUT2D eigenvalue weighted by molar-refractivity contribution is 9.10. The first kappa shape index (κ1) is 15.7. The van der Waals surface area contributed by atoms with Gasteiger partial charge in [-0.1, -0.05) is 20.8 Å². The molecular weight excluding hydrogens is 310 g/mol. The Morgan fingerprint density at radius 2 is 2.00 bits per heavy atom. The summed E-state index contributed by atoms with van der Waals surface area (Å²) in [6, 6.07) is 1.91. The van der Waals surface area contributed by atoms with Crippen molar-refractivity contribution >= 4 is 25.0 Å². The van der Waals surface area contributed by atoms with Crippen LogP contribution >= 0.6 is 15.9 Å². The van der Waals surface area contributed by atoms with Crippen LogP contribution in [0.15, 0.2) is 22.9 Å². The Morgan fingerprint density at radius 3 is 2.50 bits per heavy atom. The van der Waals surface area contributed by atoms with Crippen LogP contribution in [0, 0.1) is 5.41 Å². The van der Waals surface area contributed by atoms with E-state index in [1.54, 1.807) is 12.4 Å². The fourth-order valence-corrected chi connectivity index (χ4v) is 2.72. The second-order valence-electron chi connectivity index (χ2n) is 5.53. The van der Waals surface area contributed by atoms with Gasteiger partial charge in [0.2, 0.25) is 9.04 Å². The maximum absolute atomic E-state index is 6.01. The Labute approximate surface area is 120 Å². The minimum absolute atomic E-state index is 0.0708. The van der Waals surface area contributed by atoms with Gasteiger partial charge in [-0.2, -0.15) is 0 Å². The third kappa shape index (κ3) is 5.50. The van der Waals surface area contributed by atoms with Crippen molar-refractivity contribution in [1.29, 1.82) is 0 Å². The summed E-state index contributed by atoms with van der Waals surface area (Å²) in [5, 5.41) is 0. The van der Waals surface area contributed by atoms with Crippen LogP contribution in [0.2, 0.25) is 13.1 Å². The quantitative estimate of drug-likeness (QED) is 0.767. The highest BCUT2D eigenvalue weighted by atomic mass is 79.9. The number of nitrogens with zero attached hydrogens (tertiary/aromatic N) is 1. The predicted molar refractivity (Wildman–Crippen MR) is 79.2 cm³/mol. The van der Waals surface area contributed by atoms with Gasteiger partial charge in [0.25, 0.3) is 0 Å². The zero-order valence-corrected chi connectivity index (χ0v) is 14.2. The molecule has 1 radical (unpaired) electrons. The molecule has 3 nitrogen and oxygen atoms in total. The molecule has 1 aromatic heterocycles. The van der Waals surface area contributed by atoms with E-state index >= 15 is 0 Å². The second-order valence-corrected chi connectivity index (χ2v) is 8.50. The van der Waals surface area contributed by atoms with Gasteiger partial charge in [-0.05, 0) is 40.5 Å². The molecule has 0 saturated heterocycles. The average molecular weight is 331 g/mol. The Morgan fingerprint density at radius 1 is 1.33 bits per heavy atom. The summed E-state index contributed by atoms with van der Waals surface area (Å²) < 4.78 is 12.7. The molecule has 0 saturated carbocycles. The van der Waals surface area contributed by atoms with Crippen molar-refractivity contribution in [3.63, 3.8) is 0 Å². The average Bonchev–Trinajstić information content (AvgIpc) is 2.22. The third-order valence-corrected chi connectivity index (χ3v) is 3.61. The molecule has 0 aliphatic rings. The minimum atomic E-state index is -0.732. The maximum Gasteiger partial charge on any atom is 0.205 e. The molecule has 5 heteroatoms. The molecule has 0 spiro atoms. The lowest BCUT2D eigenvalue weighted by Crippen LogP contribution is -2.38.